The molecular weight excluding hydrogens is 352 g/mol. The number of amides is 2. The number of benzene rings is 1. The average Bonchev–Trinajstić information content (AvgIpc) is 2.58. The summed E-state index contributed by atoms with van der Waals surface area (Å²) in [5, 5.41) is 11.9. The number of carboxylic acid groups (broad SMARTS) is 1. The molecule has 2 N–H and O–H groups in total. The Morgan fingerprint density at radius 1 is 1.19 bits per heavy atom. The van der Waals surface area contributed by atoms with E-state index in [0.29, 0.717) is 6.42 Å². The summed E-state index contributed by atoms with van der Waals surface area (Å²) in [4.78, 5) is 36.2. The van der Waals surface area contributed by atoms with Gasteiger partial charge in [-0.1, -0.05) is 30.3 Å². The zero-order valence-corrected chi connectivity index (χ0v) is 16.2. The third-order valence-corrected chi connectivity index (χ3v) is 3.57. The highest BCUT2D eigenvalue weighted by atomic mass is 16.6. The van der Waals surface area contributed by atoms with Crippen LogP contribution in [0.4, 0.5) is 9.59 Å². The van der Waals surface area contributed by atoms with Crippen molar-refractivity contribution in [1.29, 1.82) is 0 Å². The lowest BCUT2D eigenvalue weighted by Gasteiger charge is -2.28. The molecule has 8 nitrogen and oxygen atoms in total. The van der Waals surface area contributed by atoms with Gasteiger partial charge in [0.15, 0.2) is 0 Å². The van der Waals surface area contributed by atoms with Crippen molar-refractivity contribution in [3.8, 4) is 0 Å². The number of nitrogens with one attached hydrogen (secondary N) is 1. The highest BCUT2D eigenvalue weighted by Gasteiger charge is 2.29. The van der Waals surface area contributed by atoms with Crippen molar-refractivity contribution < 1.29 is 29.0 Å². The quantitative estimate of drug-likeness (QED) is 0.672. The molecule has 8 heteroatoms. The molecule has 0 fully saturated rings. The molecule has 2 amide bonds. The van der Waals surface area contributed by atoms with Crippen molar-refractivity contribution in [2.24, 2.45) is 0 Å². The molecular formula is C19H28N2O6. The van der Waals surface area contributed by atoms with Crippen LogP contribution < -0.4 is 5.32 Å². The summed E-state index contributed by atoms with van der Waals surface area (Å²) in [6.07, 6.45) is -0.745. The van der Waals surface area contributed by atoms with Gasteiger partial charge in [-0.05, 0) is 39.2 Å². The van der Waals surface area contributed by atoms with Gasteiger partial charge in [0.25, 0.3) is 0 Å². The number of nitrogens with zero attached hydrogens (tertiary/aromatic N) is 1. The van der Waals surface area contributed by atoms with E-state index >= 15 is 0 Å². The van der Waals surface area contributed by atoms with E-state index in [9.17, 15) is 19.5 Å². The molecule has 0 saturated carbocycles. The Morgan fingerprint density at radius 2 is 1.81 bits per heavy atom. The molecule has 0 aliphatic rings. The largest absolute Gasteiger partial charge is 0.480 e. The number of carbonyl (C=O) groups is 3. The van der Waals surface area contributed by atoms with Crippen LogP contribution >= 0.6 is 0 Å². The van der Waals surface area contributed by atoms with Gasteiger partial charge in [-0.25, -0.2) is 14.4 Å². The Hall–Kier alpha value is -2.77. The smallest absolute Gasteiger partial charge is 0.410 e. The lowest BCUT2D eigenvalue weighted by Crippen LogP contribution is -2.45. The van der Waals surface area contributed by atoms with E-state index in [1.54, 1.807) is 20.8 Å². The Balaban J connectivity index is 2.36. The first-order chi connectivity index (χ1) is 12.6. The number of aliphatic carboxylic acids is 1. The fourth-order valence-electron chi connectivity index (χ4n) is 2.20. The standard InChI is InChI=1S/C19H28N2O6/c1-19(2,3)27-18(25)21(4)15(16(22)23)11-8-12-20-17(24)26-13-14-9-6-5-7-10-14/h5-7,9-10,15H,8,11-13H2,1-4H3,(H,20,24)(H,22,23)/t15-/m1/s1. The maximum Gasteiger partial charge on any atom is 0.410 e. The third kappa shape index (κ3) is 8.94. The predicted molar refractivity (Wildman–Crippen MR) is 99.3 cm³/mol. The zero-order valence-electron chi connectivity index (χ0n) is 16.2. The summed E-state index contributed by atoms with van der Waals surface area (Å²) >= 11 is 0. The summed E-state index contributed by atoms with van der Waals surface area (Å²) in [7, 11) is 1.38. The van der Waals surface area contributed by atoms with Gasteiger partial charge >= 0.3 is 18.2 Å². The van der Waals surface area contributed by atoms with E-state index in [1.807, 2.05) is 30.3 Å². The minimum Gasteiger partial charge on any atom is -0.480 e. The molecule has 1 rings (SSSR count). The lowest BCUT2D eigenvalue weighted by atomic mass is 10.1. The number of likely N-dealkylation sites (N-methyl/N-ethyl adjacent to an activating group) is 1. The monoisotopic (exact) mass is 380 g/mol. The second-order valence-electron chi connectivity index (χ2n) is 7.08. The number of hydrogen-bond acceptors (Lipinski definition) is 5. The normalized spacial score (nSPS) is 12.0. The Kier molecular flexibility index (Phi) is 8.58. The van der Waals surface area contributed by atoms with Gasteiger partial charge in [0.05, 0.1) is 0 Å². The van der Waals surface area contributed by atoms with E-state index in [1.165, 1.54) is 7.05 Å². The van der Waals surface area contributed by atoms with Crippen molar-refractivity contribution in [3.05, 3.63) is 35.9 Å². The third-order valence-electron chi connectivity index (χ3n) is 3.57. The van der Waals surface area contributed by atoms with E-state index in [0.717, 1.165) is 10.5 Å². The van der Waals surface area contributed by atoms with E-state index < -0.39 is 29.8 Å². The van der Waals surface area contributed by atoms with Gasteiger partial charge in [0.2, 0.25) is 0 Å². The molecule has 0 spiro atoms. The van der Waals surface area contributed by atoms with Crippen LogP contribution in [0.3, 0.4) is 0 Å². The molecule has 0 bridgehead atoms. The molecule has 27 heavy (non-hydrogen) atoms. The fraction of sp³-hybridized carbons (Fsp3) is 0.526. The summed E-state index contributed by atoms with van der Waals surface area (Å²) in [6, 6.07) is 8.22. The molecule has 1 atom stereocenters. The first kappa shape index (κ1) is 22.3. The summed E-state index contributed by atoms with van der Waals surface area (Å²) in [5.74, 6) is -1.13. The second-order valence-corrected chi connectivity index (χ2v) is 7.08. The van der Waals surface area contributed by atoms with Crippen LogP contribution in [0.2, 0.25) is 0 Å². The molecule has 0 radical (unpaired) electrons. The molecule has 0 aliphatic heterocycles. The maximum atomic E-state index is 12.0. The van der Waals surface area contributed by atoms with Crippen LogP contribution in [-0.2, 0) is 20.9 Å². The van der Waals surface area contributed by atoms with Gasteiger partial charge in [-0.2, -0.15) is 0 Å². The zero-order chi connectivity index (χ0) is 20.4. The van der Waals surface area contributed by atoms with E-state index in [4.69, 9.17) is 9.47 Å². The Morgan fingerprint density at radius 3 is 2.37 bits per heavy atom. The number of rotatable bonds is 8. The first-order valence-electron chi connectivity index (χ1n) is 8.73. The Bertz CT molecular complexity index is 627. The molecule has 0 saturated heterocycles. The fourth-order valence-corrected chi connectivity index (χ4v) is 2.20. The van der Waals surface area contributed by atoms with Crippen LogP contribution in [0, 0.1) is 0 Å². The molecule has 0 aliphatic carbocycles. The maximum absolute atomic E-state index is 12.0. The molecule has 0 unspecified atom stereocenters. The first-order valence-corrected chi connectivity index (χ1v) is 8.73. The Labute approximate surface area is 159 Å². The lowest BCUT2D eigenvalue weighted by molar-refractivity contribution is -0.142. The number of alkyl carbamates (subject to hydrolysis) is 1. The van der Waals surface area contributed by atoms with Gasteiger partial charge in [-0.3, -0.25) is 4.90 Å². The van der Waals surface area contributed by atoms with Crippen LogP contribution in [-0.4, -0.2) is 53.4 Å². The highest BCUT2D eigenvalue weighted by Crippen LogP contribution is 2.13. The van der Waals surface area contributed by atoms with Crippen molar-refractivity contribution in [1.82, 2.24) is 10.2 Å². The van der Waals surface area contributed by atoms with Gasteiger partial charge in [-0.15, -0.1) is 0 Å². The van der Waals surface area contributed by atoms with Crippen LogP contribution in [0.15, 0.2) is 30.3 Å². The predicted octanol–water partition coefficient (Wildman–Crippen LogP) is 3.01. The number of carboxylic acids is 1. The van der Waals surface area contributed by atoms with Crippen molar-refractivity contribution >= 4 is 18.2 Å². The van der Waals surface area contributed by atoms with Gasteiger partial charge in [0.1, 0.15) is 18.2 Å². The topological polar surface area (TPSA) is 105 Å². The summed E-state index contributed by atoms with van der Waals surface area (Å²) in [5.41, 5.74) is 0.163. The molecule has 0 aromatic heterocycles. The van der Waals surface area contributed by atoms with Crippen LogP contribution in [0.25, 0.3) is 0 Å². The van der Waals surface area contributed by atoms with E-state index in [-0.39, 0.29) is 19.6 Å². The number of carbonyl (C=O) groups excluding carboxylic acids is 2. The highest BCUT2D eigenvalue weighted by molar-refractivity contribution is 5.80. The molecule has 150 valence electrons. The minimum atomic E-state index is -1.13. The summed E-state index contributed by atoms with van der Waals surface area (Å²) in [6.45, 7) is 5.52. The van der Waals surface area contributed by atoms with Crippen LogP contribution in [0.5, 0.6) is 0 Å². The van der Waals surface area contributed by atoms with Crippen molar-refractivity contribution in [3.63, 3.8) is 0 Å². The molecule has 0 heterocycles. The van der Waals surface area contributed by atoms with Crippen molar-refractivity contribution in [2.75, 3.05) is 13.6 Å². The second kappa shape index (κ2) is 10.4. The van der Waals surface area contributed by atoms with Crippen molar-refractivity contribution in [2.45, 2.75) is 51.9 Å². The van der Waals surface area contributed by atoms with Gasteiger partial charge in [0, 0.05) is 13.6 Å². The molecule has 1 aromatic carbocycles. The molecule has 1 aromatic rings. The summed E-state index contributed by atoms with van der Waals surface area (Å²) < 4.78 is 10.3. The SMILES string of the molecule is CN(C(=O)OC(C)(C)C)[C@H](CCCNC(=O)OCc1ccccc1)C(=O)O. The minimum absolute atomic E-state index is 0.159. The number of hydrogen-bond donors (Lipinski definition) is 2. The number of ether oxygens (including phenoxy) is 2. The van der Waals surface area contributed by atoms with Gasteiger partial charge < -0.3 is 19.9 Å². The van der Waals surface area contributed by atoms with E-state index in [2.05, 4.69) is 5.32 Å². The average molecular weight is 380 g/mol. The van der Waals surface area contributed by atoms with Crippen LogP contribution in [0.1, 0.15) is 39.2 Å².